The first-order valence-corrected chi connectivity index (χ1v) is 3.81. The molecule has 0 aliphatic heterocycles. The third-order valence-corrected chi connectivity index (χ3v) is 1.21. The molecule has 0 unspecified atom stereocenters. The van der Waals surface area contributed by atoms with Crippen LogP contribution in [-0.4, -0.2) is 28.3 Å². The average Bonchev–Trinajstić information content (AvgIpc) is 2.03. The lowest BCUT2D eigenvalue weighted by molar-refractivity contribution is 0.166. The predicted molar refractivity (Wildman–Crippen MR) is 48.8 cm³/mol. The Bertz CT molecular complexity index is 258. The van der Waals surface area contributed by atoms with Gasteiger partial charge in [-0.1, -0.05) is 0 Å². The van der Waals surface area contributed by atoms with Crippen LogP contribution in [0.1, 0.15) is 6.92 Å². The summed E-state index contributed by atoms with van der Waals surface area (Å²) >= 11 is 0. The normalized spacial score (nSPS) is 9.92. The highest BCUT2D eigenvalue weighted by Crippen LogP contribution is 2.02. The predicted octanol–water partition coefficient (Wildman–Crippen LogP) is -0.558. The summed E-state index contributed by atoms with van der Waals surface area (Å²) < 4.78 is 5.02. The van der Waals surface area contributed by atoms with Crippen LogP contribution in [0.3, 0.4) is 0 Å². The van der Waals surface area contributed by atoms with E-state index < -0.39 is 0 Å². The van der Waals surface area contributed by atoms with Gasteiger partial charge in [0, 0.05) is 6.61 Å². The van der Waals surface area contributed by atoms with E-state index >= 15 is 0 Å². The van der Waals surface area contributed by atoms with E-state index in [1.165, 1.54) is 0 Å². The Labute approximate surface area is 75.5 Å². The van der Waals surface area contributed by atoms with Crippen molar-refractivity contribution >= 4 is 17.8 Å². The fraction of sp³-hybridized carbons (Fsp3) is 0.500. The number of nitrogen functional groups attached to an aromatic ring is 2. The van der Waals surface area contributed by atoms with Gasteiger partial charge in [-0.2, -0.15) is 15.0 Å². The summed E-state index contributed by atoms with van der Waals surface area (Å²) in [6.07, 6.45) is 0. The maximum absolute atomic E-state index is 5.34. The largest absolute Gasteiger partial charge is 0.368 e. The summed E-state index contributed by atoms with van der Waals surface area (Å²) in [4.78, 5) is 11.2. The average molecular weight is 184 g/mol. The quantitative estimate of drug-likeness (QED) is 0.424. The van der Waals surface area contributed by atoms with Gasteiger partial charge in [-0.3, -0.25) is 0 Å². The highest BCUT2D eigenvalue weighted by Gasteiger charge is 1.99. The van der Waals surface area contributed by atoms with Crippen molar-refractivity contribution in [2.24, 2.45) is 0 Å². The standard InChI is InChI=1S/C6H12N6O/c1-2-13-3-9-6-11-4(7)10-5(8)12-6/h2-3H2,1H3,(H5,7,8,9,10,11,12). The van der Waals surface area contributed by atoms with Crippen molar-refractivity contribution in [3.63, 3.8) is 0 Å². The van der Waals surface area contributed by atoms with Crippen LogP contribution >= 0.6 is 0 Å². The van der Waals surface area contributed by atoms with Crippen molar-refractivity contribution in [2.75, 3.05) is 30.1 Å². The Morgan fingerprint density at radius 1 is 1.23 bits per heavy atom. The van der Waals surface area contributed by atoms with E-state index in [9.17, 15) is 0 Å². The number of ether oxygens (including phenoxy) is 1. The molecule has 0 aliphatic rings. The first-order valence-electron chi connectivity index (χ1n) is 3.81. The van der Waals surface area contributed by atoms with Gasteiger partial charge >= 0.3 is 0 Å². The monoisotopic (exact) mass is 184 g/mol. The molecule has 0 saturated carbocycles. The molecule has 1 aromatic heterocycles. The van der Waals surface area contributed by atoms with Gasteiger partial charge in [0.05, 0.1) is 0 Å². The molecule has 1 heterocycles. The minimum absolute atomic E-state index is 0.0894. The molecule has 7 heteroatoms. The zero-order valence-electron chi connectivity index (χ0n) is 7.32. The Morgan fingerprint density at radius 2 is 1.85 bits per heavy atom. The first kappa shape index (κ1) is 9.46. The van der Waals surface area contributed by atoms with Gasteiger partial charge in [0.15, 0.2) is 0 Å². The van der Waals surface area contributed by atoms with E-state index in [-0.39, 0.29) is 11.9 Å². The molecule has 72 valence electrons. The number of aromatic nitrogens is 3. The number of nitrogens with two attached hydrogens (primary N) is 2. The van der Waals surface area contributed by atoms with E-state index in [1.807, 2.05) is 6.92 Å². The Morgan fingerprint density at radius 3 is 2.38 bits per heavy atom. The number of nitrogens with one attached hydrogen (secondary N) is 1. The number of hydrogen-bond donors (Lipinski definition) is 3. The summed E-state index contributed by atoms with van der Waals surface area (Å²) in [5.74, 6) is 0.497. The second kappa shape index (κ2) is 4.41. The molecule has 5 N–H and O–H groups in total. The maximum atomic E-state index is 5.34. The molecule has 0 radical (unpaired) electrons. The minimum atomic E-state index is 0.0894. The van der Waals surface area contributed by atoms with E-state index in [1.54, 1.807) is 0 Å². The molecule has 1 rings (SSSR count). The lowest BCUT2D eigenvalue weighted by Gasteiger charge is -2.04. The summed E-state index contributed by atoms with van der Waals surface area (Å²) in [6, 6.07) is 0. The van der Waals surface area contributed by atoms with Gasteiger partial charge in [0.1, 0.15) is 6.73 Å². The van der Waals surface area contributed by atoms with Crippen molar-refractivity contribution in [3.05, 3.63) is 0 Å². The molecular formula is C6H12N6O. The van der Waals surface area contributed by atoms with Gasteiger partial charge in [0.2, 0.25) is 17.8 Å². The zero-order chi connectivity index (χ0) is 9.68. The third kappa shape index (κ3) is 3.08. The van der Waals surface area contributed by atoms with Crippen LogP contribution in [0.15, 0.2) is 0 Å². The summed E-state index contributed by atoms with van der Waals surface area (Å²) in [5.41, 5.74) is 10.7. The van der Waals surface area contributed by atoms with E-state index in [4.69, 9.17) is 16.2 Å². The first-order chi connectivity index (χ1) is 6.22. The van der Waals surface area contributed by atoms with Gasteiger partial charge in [-0.15, -0.1) is 0 Å². The van der Waals surface area contributed by atoms with Crippen LogP contribution in [0.2, 0.25) is 0 Å². The smallest absolute Gasteiger partial charge is 0.231 e. The third-order valence-electron chi connectivity index (χ3n) is 1.21. The van der Waals surface area contributed by atoms with Crippen molar-refractivity contribution in [1.82, 2.24) is 15.0 Å². The Kier molecular flexibility index (Phi) is 3.21. The van der Waals surface area contributed by atoms with Gasteiger partial charge < -0.3 is 21.5 Å². The van der Waals surface area contributed by atoms with Crippen molar-refractivity contribution in [1.29, 1.82) is 0 Å². The van der Waals surface area contributed by atoms with E-state index in [0.29, 0.717) is 19.3 Å². The van der Waals surface area contributed by atoms with Crippen molar-refractivity contribution in [3.8, 4) is 0 Å². The molecule has 0 saturated heterocycles. The molecule has 0 amide bonds. The second-order valence-electron chi connectivity index (χ2n) is 2.19. The molecule has 7 nitrogen and oxygen atoms in total. The highest BCUT2D eigenvalue weighted by molar-refractivity contribution is 5.36. The zero-order valence-corrected chi connectivity index (χ0v) is 7.32. The van der Waals surface area contributed by atoms with Crippen LogP contribution in [-0.2, 0) is 4.74 Å². The summed E-state index contributed by atoms with van der Waals surface area (Å²) in [7, 11) is 0. The topological polar surface area (TPSA) is 112 Å². The SMILES string of the molecule is CCOCNc1nc(N)nc(N)n1. The van der Waals surface area contributed by atoms with Crippen LogP contribution < -0.4 is 16.8 Å². The van der Waals surface area contributed by atoms with Crippen LogP contribution in [0, 0.1) is 0 Å². The number of hydrogen-bond acceptors (Lipinski definition) is 7. The Balaban J connectivity index is 2.56. The molecule has 0 fully saturated rings. The van der Waals surface area contributed by atoms with Gasteiger partial charge in [-0.25, -0.2) is 0 Å². The Hall–Kier alpha value is -1.63. The molecule has 0 bridgehead atoms. The fourth-order valence-corrected chi connectivity index (χ4v) is 0.706. The minimum Gasteiger partial charge on any atom is -0.368 e. The van der Waals surface area contributed by atoms with Crippen LogP contribution in [0.4, 0.5) is 17.8 Å². The molecular weight excluding hydrogens is 172 g/mol. The van der Waals surface area contributed by atoms with Crippen LogP contribution in [0.25, 0.3) is 0 Å². The molecule has 0 aliphatic carbocycles. The maximum Gasteiger partial charge on any atom is 0.231 e. The molecule has 0 aromatic carbocycles. The summed E-state index contributed by atoms with van der Waals surface area (Å²) in [5, 5.41) is 2.78. The summed E-state index contributed by atoms with van der Waals surface area (Å²) in [6.45, 7) is 2.82. The molecule has 0 spiro atoms. The van der Waals surface area contributed by atoms with Gasteiger partial charge in [-0.05, 0) is 6.92 Å². The van der Waals surface area contributed by atoms with E-state index in [0.717, 1.165) is 0 Å². The number of rotatable bonds is 4. The molecule has 13 heavy (non-hydrogen) atoms. The number of anilines is 3. The highest BCUT2D eigenvalue weighted by atomic mass is 16.5. The van der Waals surface area contributed by atoms with Crippen molar-refractivity contribution < 1.29 is 4.74 Å². The van der Waals surface area contributed by atoms with Crippen LogP contribution in [0.5, 0.6) is 0 Å². The number of nitrogens with zero attached hydrogens (tertiary/aromatic N) is 3. The molecule has 0 atom stereocenters. The van der Waals surface area contributed by atoms with Crippen molar-refractivity contribution in [2.45, 2.75) is 6.92 Å². The molecule has 1 aromatic rings. The fourth-order valence-electron chi connectivity index (χ4n) is 0.706. The van der Waals surface area contributed by atoms with Gasteiger partial charge in [0.25, 0.3) is 0 Å². The lowest BCUT2D eigenvalue weighted by atomic mass is 10.8. The van der Waals surface area contributed by atoms with E-state index in [2.05, 4.69) is 20.3 Å². The lowest BCUT2D eigenvalue weighted by Crippen LogP contribution is -2.12. The second-order valence-corrected chi connectivity index (χ2v) is 2.19.